The van der Waals surface area contributed by atoms with Gasteiger partial charge in [-0.3, -0.25) is 4.57 Å². The van der Waals surface area contributed by atoms with Crippen molar-refractivity contribution in [1.82, 2.24) is 19.5 Å². The number of benzene rings is 1. The number of fused-ring (bicyclic) bond motifs is 1. The first-order valence-corrected chi connectivity index (χ1v) is 6.13. The van der Waals surface area contributed by atoms with Gasteiger partial charge in [0.25, 0.3) is 0 Å². The highest BCUT2D eigenvalue weighted by Gasteiger charge is 2.08. The summed E-state index contributed by atoms with van der Waals surface area (Å²) in [4.78, 5) is 12.9. The summed E-state index contributed by atoms with van der Waals surface area (Å²) in [5, 5.41) is 3.01. The van der Waals surface area contributed by atoms with E-state index >= 15 is 0 Å². The molecule has 3 rings (SSSR count). The van der Waals surface area contributed by atoms with E-state index in [4.69, 9.17) is 0 Å². The molecule has 0 saturated carbocycles. The normalized spacial score (nSPS) is 10.9. The van der Waals surface area contributed by atoms with Crippen LogP contribution >= 0.6 is 0 Å². The van der Waals surface area contributed by atoms with Crippen molar-refractivity contribution in [3.63, 3.8) is 0 Å². The molecule has 19 heavy (non-hydrogen) atoms. The molecule has 0 spiro atoms. The van der Waals surface area contributed by atoms with E-state index in [-0.39, 0.29) is 0 Å². The monoisotopic (exact) mass is 253 g/mol. The molecule has 0 amide bonds. The molecule has 0 saturated heterocycles. The zero-order chi connectivity index (χ0) is 13.4. The summed E-state index contributed by atoms with van der Waals surface area (Å²) in [6.07, 6.45) is 3.35. The van der Waals surface area contributed by atoms with E-state index in [0.29, 0.717) is 0 Å². The number of hydrogen-bond donors (Lipinski definition) is 1. The van der Waals surface area contributed by atoms with Crippen LogP contribution in [0.25, 0.3) is 16.9 Å². The lowest BCUT2D eigenvalue weighted by molar-refractivity contribution is 0.995. The first-order chi connectivity index (χ1) is 9.19. The highest BCUT2D eigenvalue weighted by atomic mass is 15.1. The molecule has 5 nitrogen and oxygen atoms in total. The van der Waals surface area contributed by atoms with Crippen LogP contribution in [0.2, 0.25) is 0 Å². The van der Waals surface area contributed by atoms with Crippen LogP contribution < -0.4 is 5.32 Å². The smallest absolute Gasteiger partial charge is 0.143 e. The molecule has 0 unspecified atom stereocenters. The number of imidazole rings is 1. The second-order valence-electron chi connectivity index (χ2n) is 4.55. The Labute approximate surface area is 111 Å². The minimum absolute atomic E-state index is 0.788. The standard InChI is InChI=1S/C14H15N5/c1-9-4-11-12(5-10(9)2)19(8-18-11)14-6-13(15-3)16-7-17-14/h4-8H,1-3H3,(H,15,16,17). The van der Waals surface area contributed by atoms with Crippen LogP contribution in [0, 0.1) is 13.8 Å². The number of nitrogens with zero attached hydrogens (tertiary/aromatic N) is 4. The van der Waals surface area contributed by atoms with Crippen LogP contribution in [-0.2, 0) is 0 Å². The van der Waals surface area contributed by atoms with Crippen LogP contribution in [-0.4, -0.2) is 26.6 Å². The molecule has 96 valence electrons. The molecule has 5 heteroatoms. The maximum atomic E-state index is 4.43. The number of aromatic nitrogens is 4. The average molecular weight is 253 g/mol. The van der Waals surface area contributed by atoms with Crippen LogP contribution in [0.15, 0.2) is 30.9 Å². The third-order valence-corrected chi connectivity index (χ3v) is 3.32. The van der Waals surface area contributed by atoms with Crippen molar-refractivity contribution in [2.45, 2.75) is 13.8 Å². The fraction of sp³-hybridized carbons (Fsp3) is 0.214. The maximum absolute atomic E-state index is 4.43. The molecule has 0 aliphatic carbocycles. The van der Waals surface area contributed by atoms with Crippen molar-refractivity contribution in [2.75, 3.05) is 12.4 Å². The first kappa shape index (κ1) is 11.6. The summed E-state index contributed by atoms with van der Waals surface area (Å²) in [6, 6.07) is 6.14. The Hall–Kier alpha value is -2.43. The van der Waals surface area contributed by atoms with Crippen LogP contribution in [0.1, 0.15) is 11.1 Å². The Kier molecular flexibility index (Phi) is 2.67. The third kappa shape index (κ3) is 1.93. The highest BCUT2D eigenvalue weighted by Crippen LogP contribution is 2.21. The lowest BCUT2D eigenvalue weighted by Crippen LogP contribution is -2.00. The fourth-order valence-corrected chi connectivity index (χ4v) is 2.06. The largest absolute Gasteiger partial charge is 0.373 e. The zero-order valence-corrected chi connectivity index (χ0v) is 11.2. The van der Waals surface area contributed by atoms with Gasteiger partial charge in [-0.2, -0.15) is 0 Å². The molecule has 0 aliphatic rings. The first-order valence-electron chi connectivity index (χ1n) is 6.13. The van der Waals surface area contributed by atoms with Gasteiger partial charge < -0.3 is 5.32 Å². The second-order valence-corrected chi connectivity index (χ2v) is 4.55. The molecule has 3 aromatic rings. The van der Waals surface area contributed by atoms with Crippen molar-refractivity contribution >= 4 is 16.9 Å². The van der Waals surface area contributed by atoms with Gasteiger partial charge in [0.15, 0.2) is 0 Å². The zero-order valence-electron chi connectivity index (χ0n) is 11.2. The van der Waals surface area contributed by atoms with E-state index in [1.807, 2.05) is 17.7 Å². The van der Waals surface area contributed by atoms with Crippen molar-refractivity contribution in [2.24, 2.45) is 0 Å². The Morgan fingerprint density at radius 1 is 1.00 bits per heavy atom. The highest BCUT2D eigenvalue weighted by molar-refractivity contribution is 5.79. The van der Waals surface area contributed by atoms with Gasteiger partial charge in [-0.1, -0.05) is 0 Å². The summed E-state index contributed by atoms with van der Waals surface area (Å²) in [6.45, 7) is 4.20. The molecule has 1 aromatic carbocycles. The number of hydrogen-bond acceptors (Lipinski definition) is 4. The van der Waals surface area contributed by atoms with E-state index in [1.54, 1.807) is 12.7 Å². The minimum atomic E-state index is 0.788. The van der Waals surface area contributed by atoms with E-state index in [2.05, 4.69) is 46.2 Å². The van der Waals surface area contributed by atoms with Gasteiger partial charge in [0.1, 0.15) is 24.3 Å². The SMILES string of the molecule is CNc1cc(-n2cnc3cc(C)c(C)cc32)ncn1. The van der Waals surface area contributed by atoms with Gasteiger partial charge in [-0.15, -0.1) is 0 Å². The predicted molar refractivity (Wildman–Crippen MR) is 75.7 cm³/mol. The van der Waals surface area contributed by atoms with Crippen LogP contribution in [0.4, 0.5) is 5.82 Å². The van der Waals surface area contributed by atoms with Gasteiger partial charge in [0, 0.05) is 13.1 Å². The maximum Gasteiger partial charge on any atom is 0.143 e. The van der Waals surface area contributed by atoms with Gasteiger partial charge in [0.2, 0.25) is 0 Å². The molecule has 2 aromatic heterocycles. The molecule has 0 bridgehead atoms. The Morgan fingerprint density at radius 2 is 1.79 bits per heavy atom. The summed E-state index contributed by atoms with van der Waals surface area (Å²) >= 11 is 0. The van der Waals surface area contributed by atoms with E-state index < -0.39 is 0 Å². The molecule has 1 N–H and O–H groups in total. The number of aryl methyl sites for hydroxylation is 2. The molecular weight excluding hydrogens is 238 g/mol. The van der Waals surface area contributed by atoms with Crippen molar-refractivity contribution in [3.05, 3.63) is 42.0 Å². The Bertz CT molecular complexity index is 745. The van der Waals surface area contributed by atoms with Crippen LogP contribution in [0.3, 0.4) is 0 Å². The lowest BCUT2D eigenvalue weighted by Gasteiger charge is -2.06. The molecule has 0 fully saturated rings. The van der Waals surface area contributed by atoms with Crippen molar-refractivity contribution < 1.29 is 0 Å². The lowest BCUT2D eigenvalue weighted by atomic mass is 10.1. The Morgan fingerprint density at radius 3 is 2.58 bits per heavy atom. The Balaban J connectivity index is 2.22. The van der Waals surface area contributed by atoms with Crippen molar-refractivity contribution in [3.8, 4) is 5.82 Å². The second kappa shape index (κ2) is 4.35. The molecule has 2 heterocycles. The van der Waals surface area contributed by atoms with Gasteiger partial charge in [-0.05, 0) is 37.1 Å². The summed E-state index contributed by atoms with van der Waals surface area (Å²) in [7, 11) is 1.84. The van der Waals surface area contributed by atoms with Gasteiger partial charge in [-0.25, -0.2) is 15.0 Å². The average Bonchev–Trinajstić information content (AvgIpc) is 2.82. The van der Waals surface area contributed by atoms with E-state index in [0.717, 1.165) is 22.7 Å². The van der Waals surface area contributed by atoms with Crippen LogP contribution in [0.5, 0.6) is 0 Å². The molecule has 0 radical (unpaired) electrons. The topological polar surface area (TPSA) is 55.6 Å². The third-order valence-electron chi connectivity index (χ3n) is 3.32. The molecular formula is C14H15N5. The molecule has 0 atom stereocenters. The fourth-order valence-electron chi connectivity index (χ4n) is 2.06. The summed E-state index contributed by atoms with van der Waals surface area (Å²) in [5.41, 5.74) is 4.53. The van der Waals surface area contributed by atoms with Gasteiger partial charge in [0.05, 0.1) is 11.0 Å². The quantitative estimate of drug-likeness (QED) is 0.762. The predicted octanol–water partition coefficient (Wildman–Crippen LogP) is 2.47. The number of nitrogens with one attached hydrogen (secondary N) is 1. The van der Waals surface area contributed by atoms with E-state index in [1.165, 1.54) is 11.1 Å². The number of anilines is 1. The summed E-state index contributed by atoms with van der Waals surface area (Å²) in [5.74, 6) is 1.60. The summed E-state index contributed by atoms with van der Waals surface area (Å²) < 4.78 is 1.98. The van der Waals surface area contributed by atoms with E-state index in [9.17, 15) is 0 Å². The number of rotatable bonds is 2. The molecule has 0 aliphatic heterocycles. The van der Waals surface area contributed by atoms with Gasteiger partial charge >= 0.3 is 0 Å². The van der Waals surface area contributed by atoms with Crippen molar-refractivity contribution in [1.29, 1.82) is 0 Å². The minimum Gasteiger partial charge on any atom is -0.373 e.